The van der Waals surface area contributed by atoms with E-state index in [0.717, 1.165) is 36.8 Å². The molecule has 5 heteroatoms. The summed E-state index contributed by atoms with van der Waals surface area (Å²) >= 11 is 0. The van der Waals surface area contributed by atoms with Crippen LogP contribution in [-0.4, -0.2) is 27.5 Å². The second kappa shape index (κ2) is 7.34. The lowest BCUT2D eigenvalue weighted by Crippen LogP contribution is -2.16. The predicted molar refractivity (Wildman–Crippen MR) is 101 cm³/mol. The summed E-state index contributed by atoms with van der Waals surface area (Å²) in [4.78, 5) is 12.3. The summed E-state index contributed by atoms with van der Waals surface area (Å²) in [7, 11) is 0. The van der Waals surface area contributed by atoms with Gasteiger partial charge in [0.05, 0.1) is 0 Å². The van der Waals surface area contributed by atoms with Crippen LogP contribution >= 0.6 is 0 Å². The summed E-state index contributed by atoms with van der Waals surface area (Å²) in [5.41, 5.74) is 2.51. The standard InChI is InChI=1S/C19H25N5/c1-4-13(2)22-19-11-18(23-14(3)24-19)20-10-9-15-12-21-17-8-6-5-7-16(15)17/h5-8,11-13,21H,4,9-10H2,1-3H3,(H2,20,22,23,24). The minimum absolute atomic E-state index is 0.401. The molecule has 0 aliphatic heterocycles. The topological polar surface area (TPSA) is 65.6 Å². The van der Waals surface area contributed by atoms with E-state index in [1.165, 1.54) is 16.5 Å². The molecule has 2 aromatic heterocycles. The van der Waals surface area contributed by atoms with Gasteiger partial charge >= 0.3 is 0 Å². The molecule has 3 N–H and O–H groups in total. The normalized spacial score (nSPS) is 12.3. The molecule has 0 bridgehead atoms. The molecule has 5 nitrogen and oxygen atoms in total. The largest absolute Gasteiger partial charge is 0.370 e. The quantitative estimate of drug-likeness (QED) is 0.611. The van der Waals surface area contributed by atoms with Crippen molar-refractivity contribution in [3.8, 4) is 0 Å². The molecule has 24 heavy (non-hydrogen) atoms. The molecule has 0 aliphatic carbocycles. The van der Waals surface area contributed by atoms with Crippen LogP contribution in [0, 0.1) is 6.92 Å². The maximum Gasteiger partial charge on any atom is 0.132 e. The van der Waals surface area contributed by atoms with Crippen molar-refractivity contribution in [2.24, 2.45) is 0 Å². The Morgan fingerprint density at radius 2 is 1.96 bits per heavy atom. The predicted octanol–water partition coefficient (Wildman–Crippen LogP) is 4.13. The first kappa shape index (κ1) is 16.3. The minimum atomic E-state index is 0.401. The van der Waals surface area contributed by atoms with E-state index in [1.54, 1.807) is 0 Å². The van der Waals surface area contributed by atoms with E-state index < -0.39 is 0 Å². The Hall–Kier alpha value is -2.56. The lowest BCUT2D eigenvalue weighted by molar-refractivity contribution is 0.757. The number of aromatic nitrogens is 3. The molecule has 3 aromatic rings. The van der Waals surface area contributed by atoms with E-state index in [-0.39, 0.29) is 0 Å². The van der Waals surface area contributed by atoms with Gasteiger partial charge in [0.25, 0.3) is 0 Å². The van der Waals surface area contributed by atoms with Gasteiger partial charge in [-0.2, -0.15) is 0 Å². The van der Waals surface area contributed by atoms with Gasteiger partial charge in [-0.3, -0.25) is 0 Å². The summed E-state index contributed by atoms with van der Waals surface area (Å²) in [5.74, 6) is 2.53. The molecule has 126 valence electrons. The fourth-order valence-electron chi connectivity index (χ4n) is 2.75. The van der Waals surface area contributed by atoms with E-state index in [9.17, 15) is 0 Å². The van der Waals surface area contributed by atoms with Crippen molar-refractivity contribution in [3.63, 3.8) is 0 Å². The highest BCUT2D eigenvalue weighted by Crippen LogP contribution is 2.18. The fourth-order valence-corrected chi connectivity index (χ4v) is 2.75. The third-order valence-corrected chi connectivity index (χ3v) is 4.22. The second-order valence-electron chi connectivity index (χ2n) is 6.18. The van der Waals surface area contributed by atoms with Gasteiger partial charge in [-0.05, 0) is 38.3 Å². The molecule has 2 heterocycles. The van der Waals surface area contributed by atoms with Crippen molar-refractivity contribution in [3.05, 3.63) is 47.9 Å². The van der Waals surface area contributed by atoms with Crippen molar-refractivity contribution in [1.82, 2.24) is 15.0 Å². The van der Waals surface area contributed by atoms with Gasteiger partial charge in [0.2, 0.25) is 0 Å². The first-order valence-electron chi connectivity index (χ1n) is 8.56. The number of nitrogens with zero attached hydrogens (tertiary/aromatic N) is 2. The molecular weight excluding hydrogens is 298 g/mol. The van der Waals surface area contributed by atoms with Crippen LogP contribution in [0.3, 0.4) is 0 Å². The molecule has 0 fully saturated rings. The van der Waals surface area contributed by atoms with Gasteiger partial charge < -0.3 is 15.6 Å². The lowest BCUT2D eigenvalue weighted by Gasteiger charge is -2.14. The number of nitrogens with one attached hydrogen (secondary N) is 3. The average molecular weight is 323 g/mol. The Morgan fingerprint density at radius 3 is 2.79 bits per heavy atom. The Morgan fingerprint density at radius 1 is 1.17 bits per heavy atom. The van der Waals surface area contributed by atoms with E-state index >= 15 is 0 Å². The summed E-state index contributed by atoms with van der Waals surface area (Å²) < 4.78 is 0. The van der Waals surface area contributed by atoms with Crippen molar-refractivity contribution < 1.29 is 0 Å². The summed E-state index contributed by atoms with van der Waals surface area (Å²) in [5, 5.41) is 8.11. The number of para-hydroxylation sites is 1. The smallest absolute Gasteiger partial charge is 0.132 e. The van der Waals surface area contributed by atoms with Crippen LogP contribution in [0.5, 0.6) is 0 Å². The average Bonchev–Trinajstić information content (AvgIpc) is 2.98. The van der Waals surface area contributed by atoms with Crippen LogP contribution < -0.4 is 10.6 Å². The maximum atomic E-state index is 4.48. The molecule has 0 saturated heterocycles. The van der Waals surface area contributed by atoms with Crippen LogP contribution in [-0.2, 0) is 6.42 Å². The number of hydrogen-bond donors (Lipinski definition) is 3. The lowest BCUT2D eigenvalue weighted by atomic mass is 10.1. The zero-order chi connectivity index (χ0) is 16.9. The Bertz CT molecular complexity index is 808. The summed E-state index contributed by atoms with van der Waals surface area (Å²) in [6.07, 6.45) is 4.10. The number of benzene rings is 1. The highest BCUT2D eigenvalue weighted by Gasteiger charge is 2.06. The molecule has 0 saturated carbocycles. The molecule has 0 aliphatic rings. The fraction of sp³-hybridized carbons (Fsp3) is 0.368. The number of aryl methyl sites for hydroxylation is 1. The zero-order valence-electron chi connectivity index (χ0n) is 14.6. The molecule has 0 amide bonds. The van der Waals surface area contributed by atoms with Crippen LogP contribution in [0.4, 0.5) is 11.6 Å². The molecular formula is C19H25N5. The highest BCUT2D eigenvalue weighted by molar-refractivity contribution is 5.83. The number of hydrogen-bond acceptors (Lipinski definition) is 4. The molecule has 1 unspecified atom stereocenters. The van der Waals surface area contributed by atoms with Gasteiger partial charge in [-0.25, -0.2) is 9.97 Å². The summed E-state index contributed by atoms with van der Waals surface area (Å²) in [6.45, 7) is 7.07. The molecule has 1 aromatic carbocycles. The molecule has 3 rings (SSSR count). The zero-order valence-corrected chi connectivity index (χ0v) is 14.6. The number of anilines is 2. The number of rotatable bonds is 7. The number of H-pyrrole nitrogens is 1. The third kappa shape index (κ3) is 3.85. The first-order chi connectivity index (χ1) is 11.7. The van der Waals surface area contributed by atoms with Crippen molar-refractivity contribution >= 4 is 22.5 Å². The molecule has 0 radical (unpaired) electrons. The van der Waals surface area contributed by atoms with Crippen molar-refractivity contribution in [2.75, 3.05) is 17.2 Å². The monoisotopic (exact) mass is 323 g/mol. The maximum absolute atomic E-state index is 4.48. The van der Waals surface area contributed by atoms with Crippen LogP contribution in [0.15, 0.2) is 36.5 Å². The van der Waals surface area contributed by atoms with Gasteiger partial charge in [0.15, 0.2) is 0 Å². The van der Waals surface area contributed by atoms with Crippen LogP contribution in [0.1, 0.15) is 31.7 Å². The Kier molecular flexibility index (Phi) is 4.99. The van der Waals surface area contributed by atoms with E-state index in [1.807, 2.05) is 13.0 Å². The summed E-state index contributed by atoms with van der Waals surface area (Å²) in [6, 6.07) is 10.8. The Balaban J connectivity index is 1.64. The van der Waals surface area contributed by atoms with Gasteiger partial charge in [0.1, 0.15) is 17.5 Å². The van der Waals surface area contributed by atoms with Gasteiger partial charge in [-0.1, -0.05) is 25.1 Å². The van der Waals surface area contributed by atoms with Crippen LogP contribution in [0.2, 0.25) is 0 Å². The second-order valence-corrected chi connectivity index (χ2v) is 6.18. The van der Waals surface area contributed by atoms with Crippen molar-refractivity contribution in [1.29, 1.82) is 0 Å². The Labute approximate surface area is 142 Å². The van der Waals surface area contributed by atoms with E-state index in [4.69, 9.17) is 0 Å². The van der Waals surface area contributed by atoms with Gasteiger partial charge in [0, 0.05) is 35.8 Å². The molecule has 1 atom stereocenters. The minimum Gasteiger partial charge on any atom is -0.370 e. The van der Waals surface area contributed by atoms with Gasteiger partial charge in [-0.15, -0.1) is 0 Å². The number of aromatic amines is 1. The van der Waals surface area contributed by atoms with E-state index in [0.29, 0.717) is 6.04 Å². The molecule has 0 spiro atoms. The SMILES string of the molecule is CCC(C)Nc1cc(NCCc2c[nH]c3ccccc23)nc(C)n1. The number of fused-ring (bicyclic) bond motifs is 1. The van der Waals surface area contributed by atoms with Crippen molar-refractivity contribution in [2.45, 2.75) is 39.7 Å². The first-order valence-corrected chi connectivity index (χ1v) is 8.56. The van der Waals surface area contributed by atoms with E-state index in [2.05, 4.69) is 69.9 Å². The highest BCUT2D eigenvalue weighted by atomic mass is 15.1. The van der Waals surface area contributed by atoms with Crippen LogP contribution in [0.25, 0.3) is 10.9 Å². The third-order valence-electron chi connectivity index (χ3n) is 4.22.